The molecule has 17 nitrogen and oxygen atoms in total. The van der Waals surface area contributed by atoms with Gasteiger partial charge < -0.3 is 79.7 Å². The maximum atomic E-state index is 11.9. The Morgan fingerprint density at radius 3 is 1.68 bits per heavy atom. The number of amides is 1. The topological polar surface area (TPSA) is 267 Å². The van der Waals surface area contributed by atoms with Gasteiger partial charge in [-0.3, -0.25) is 4.79 Å². The van der Waals surface area contributed by atoms with E-state index in [-0.39, 0.29) is 0 Å². The molecule has 222 valence electrons. The number of nitrogens with one attached hydrogen (secondary N) is 1. The van der Waals surface area contributed by atoms with E-state index in [1.165, 1.54) is 7.11 Å². The van der Waals surface area contributed by atoms with Gasteiger partial charge in [-0.25, -0.2) is 0 Å². The molecule has 1 amide bonds. The second-order valence-electron chi connectivity index (χ2n) is 9.28. The number of ether oxygens (including phenoxy) is 6. The molecular formula is C21H37NO16. The number of carbonyl (C=O) groups excluding carboxylic acids is 1. The summed E-state index contributed by atoms with van der Waals surface area (Å²) in [7, 11) is 1.21. The zero-order valence-electron chi connectivity index (χ0n) is 20.7. The number of aliphatic hydroxyl groups excluding tert-OH is 9. The molecule has 0 aromatic carbocycles. The van der Waals surface area contributed by atoms with Crippen molar-refractivity contribution in [2.75, 3.05) is 26.9 Å². The molecule has 3 saturated heterocycles. The van der Waals surface area contributed by atoms with E-state index in [2.05, 4.69) is 5.32 Å². The summed E-state index contributed by atoms with van der Waals surface area (Å²) < 4.78 is 32.9. The van der Waals surface area contributed by atoms with E-state index in [4.69, 9.17) is 28.4 Å². The monoisotopic (exact) mass is 559 g/mol. The summed E-state index contributed by atoms with van der Waals surface area (Å²) in [5.41, 5.74) is 0. The SMILES string of the molecule is COC1OC(CO)C(O)C(O)C1OC1OC(CO)C(OC2OC(CO)C(O)C(O)C2O)C(O)C1NC(C)=O. The van der Waals surface area contributed by atoms with Crippen molar-refractivity contribution in [1.29, 1.82) is 0 Å². The van der Waals surface area contributed by atoms with Gasteiger partial charge in [-0.2, -0.15) is 0 Å². The van der Waals surface area contributed by atoms with Gasteiger partial charge in [0.25, 0.3) is 0 Å². The zero-order chi connectivity index (χ0) is 28.3. The molecule has 0 bridgehead atoms. The molecule has 15 atom stereocenters. The van der Waals surface area contributed by atoms with E-state index >= 15 is 0 Å². The van der Waals surface area contributed by atoms with Gasteiger partial charge in [0, 0.05) is 14.0 Å². The fourth-order valence-corrected chi connectivity index (χ4v) is 4.62. The Hall–Kier alpha value is -1.13. The van der Waals surface area contributed by atoms with Crippen LogP contribution in [0.3, 0.4) is 0 Å². The minimum atomic E-state index is -1.83. The van der Waals surface area contributed by atoms with Crippen LogP contribution in [0.5, 0.6) is 0 Å². The summed E-state index contributed by atoms with van der Waals surface area (Å²) in [5.74, 6) is -0.649. The molecule has 3 aliphatic heterocycles. The van der Waals surface area contributed by atoms with Crippen LogP contribution in [0.15, 0.2) is 0 Å². The normalized spacial score (nSPS) is 48.0. The van der Waals surface area contributed by atoms with Crippen LogP contribution in [0.4, 0.5) is 0 Å². The van der Waals surface area contributed by atoms with Crippen LogP contribution in [0.25, 0.3) is 0 Å². The van der Waals surface area contributed by atoms with Crippen LogP contribution in [-0.2, 0) is 33.2 Å². The van der Waals surface area contributed by atoms with Gasteiger partial charge in [-0.05, 0) is 0 Å². The molecule has 3 heterocycles. The molecule has 0 aromatic rings. The van der Waals surface area contributed by atoms with Crippen molar-refractivity contribution in [2.24, 2.45) is 0 Å². The van der Waals surface area contributed by atoms with Crippen molar-refractivity contribution in [3.8, 4) is 0 Å². The van der Waals surface area contributed by atoms with Gasteiger partial charge in [-0.1, -0.05) is 0 Å². The quantitative estimate of drug-likeness (QED) is 0.126. The third-order valence-electron chi connectivity index (χ3n) is 6.71. The average Bonchev–Trinajstić information content (AvgIpc) is 2.90. The Balaban J connectivity index is 1.83. The van der Waals surface area contributed by atoms with Crippen molar-refractivity contribution in [3.05, 3.63) is 0 Å². The smallest absolute Gasteiger partial charge is 0.217 e. The largest absolute Gasteiger partial charge is 0.394 e. The fourth-order valence-electron chi connectivity index (χ4n) is 4.62. The fraction of sp³-hybridized carbons (Fsp3) is 0.952. The van der Waals surface area contributed by atoms with Crippen molar-refractivity contribution >= 4 is 5.91 Å². The summed E-state index contributed by atoms with van der Waals surface area (Å²) in [5, 5.41) is 93.5. The van der Waals surface area contributed by atoms with Crippen molar-refractivity contribution in [2.45, 2.75) is 99.0 Å². The molecule has 3 aliphatic rings. The van der Waals surface area contributed by atoms with Crippen LogP contribution < -0.4 is 5.32 Å². The molecule has 0 radical (unpaired) electrons. The van der Waals surface area contributed by atoms with Crippen molar-refractivity contribution in [3.63, 3.8) is 0 Å². The summed E-state index contributed by atoms with van der Waals surface area (Å²) >= 11 is 0. The van der Waals surface area contributed by atoms with E-state index in [9.17, 15) is 50.8 Å². The lowest BCUT2D eigenvalue weighted by Gasteiger charge is -2.49. The molecule has 38 heavy (non-hydrogen) atoms. The van der Waals surface area contributed by atoms with Gasteiger partial charge in [0.05, 0.1) is 19.8 Å². The van der Waals surface area contributed by atoms with Crippen LogP contribution >= 0.6 is 0 Å². The molecule has 0 saturated carbocycles. The first-order valence-electron chi connectivity index (χ1n) is 12.0. The lowest BCUT2D eigenvalue weighted by atomic mass is 9.94. The highest BCUT2D eigenvalue weighted by Crippen LogP contribution is 2.32. The minimum Gasteiger partial charge on any atom is -0.394 e. The number of hydrogen-bond acceptors (Lipinski definition) is 16. The lowest BCUT2D eigenvalue weighted by Crippen LogP contribution is -2.69. The molecule has 15 unspecified atom stereocenters. The average molecular weight is 560 g/mol. The van der Waals surface area contributed by atoms with E-state index in [0.717, 1.165) is 6.92 Å². The standard InChI is InChI=1S/C21H37NO16/c1-6(26)22-10-13(29)17(37-20-16(32)14(30)11(27)7(3-23)34-20)9(5-25)36-19(10)38-18-15(31)12(28)8(4-24)35-21(18)33-2/h7-21,23-25,27-32H,3-5H2,1-2H3,(H,22,26). The number of carbonyl (C=O) groups is 1. The number of aliphatic hydroxyl groups is 9. The Morgan fingerprint density at radius 1 is 0.658 bits per heavy atom. The first-order valence-corrected chi connectivity index (χ1v) is 12.0. The summed E-state index contributed by atoms with van der Waals surface area (Å²) in [6.45, 7) is -1.04. The third-order valence-corrected chi connectivity index (χ3v) is 6.71. The number of rotatable bonds is 9. The van der Waals surface area contributed by atoms with Gasteiger partial charge in [0.2, 0.25) is 5.91 Å². The highest BCUT2D eigenvalue weighted by atomic mass is 16.8. The van der Waals surface area contributed by atoms with Crippen LogP contribution in [0.2, 0.25) is 0 Å². The first kappa shape index (κ1) is 31.4. The molecule has 0 spiro atoms. The van der Waals surface area contributed by atoms with Gasteiger partial charge >= 0.3 is 0 Å². The molecule has 17 heteroatoms. The molecular weight excluding hydrogens is 522 g/mol. The van der Waals surface area contributed by atoms with Crippen molar-refractivity contribution in [1.82, 2.24) is 5.32 Å². The maximum Gasteiger partial charge on any atom is 0.217 e. The maximum absolute atomic E-state index is 11.9. The predicted molar refractivity (Wildman–Crippen MR) is 118 cm³/mol. The van der Waals surface area contributed by atoms with Crippen LogP contribution in [0, 0.1) is 0 Å². The van der Waals surface area contributed by atoms with Crippen molar-refractivity contribution < 1.29 is 79.2 Å². The summed E-state index contributed by atoms with van der Waals surface area (Å²) in [4.78, 5) is 11.9. The molecule has 3 fully saturated rings. The Kier molecular flexibility index (Phi) is 11.1. The molecule has 3 rings (SSSR count). The molecule has 0 aromatic heterocycles. The van der Waals surface area contributed by atoms with Gasteiger partial charge in [0.1, 0.15) is 73.2 Å². The molecule has 0 aliphatic carbocycles. The minimum absolute atomic E-state index is 0.637. The van der Waals surface area contributed by atoms with E-state index < -0.39 is 118 Å². The zero-order valence-corrected chi connectivity index (χ0v) is 20.7. The molecule has 10 N–H and O–H groups in total. The van der Waals surface area contributed by atoms with E-state index in [1.807, 2.05) is 0 Å². The van der Waals surface area contributed by atoms with E-state index in [1.54, 1.807) is 0 Å². The number of hydrogen-bond donors (Lipinski definition) is 10. The van der Waals surface area contributed by atoms with Gasteiger partial charge in [0.15, 0.2) is 18.9 Å². The second kappa shape index (κ2) is 13.5. The third kappa shape index (κ3) is 6.43. The lowest BCUT2D eigenvalue weighted by molar-refractivity contribution is -0.370. The Morgan fingerprint density at radius 2 is 1.16 bits per heavy atom. The first-order chi connectivity index (χ1) is 18.0. The van der Waals surface area contributed by atoms with E-state index in [0.29, 0.717) is 0 Å². The van der Waals surface area contributed by atoms with Gasteiger partial charge in [-0.15, -0.1) is 0 Å². The highest BCUT2D eigenvalue weighted by Gasteiger charge is 2.54. The van der Waals surface area contributed by atoms with Crippen LogP contribution in [0.1, 0.15) is 6.92 Å². The predicted octanol–water partition coefficient (Wildman–Crippen LogP) is -6.78. The second-order valence-corrected chi connectivity index (χ2v) is 9.28. The number of methoxy groups -OCH3 is 1. The van der Waals surface area contributed by atoms with Crippen LogP contribution in [-0.4, -0.2) is 171 Å². The highest BCUT2D eigenvalue weighted by molar-refractivity contribution is 5.73. The Bertz CT molecular complexity index is 759. The summed E-state index contributed by atoms with van der Waals surface area (Å²) in [6, 6.07) is -1.43. The Labute approximate surface area is 217 Å². The summed E-state index contributed by atoms with van der Waals surface area (Å²) in [6.07, 6.45) is -21.7.